The van der Waals surface area contributed by atoms with Gasteiger partial charge in [-0.1, -0.05) is 18.5 Å². The molecule has 1 unspecified atom stereocenters. The van der Waals surface area contributed by atoms with Gasteiger partial charge in [-0.25, -0.2) is 4.98 Å². The van der Waals surface area contributed by atoms with E-state index in [2.05, 4.69) is 6.92 Å². The third kappa shape index (κ3) is 2.49. The third-order valence-electron chi connectivity index (χ3n) is 4.91. The Morgan fingerprint density at radius 1 is 1.17 bits per heavy atom. The van der Waals surface area contributed by atoms with Crippen LogP contribution in [0.5, 0.6) is 0 Å². The monoisotopic (exact) mass is 365 g/mol. The van der Waals surface area contributed by atoms with Crippen LogP contribution in [-0.4, -0.2) is 16.6 Å². The van der Waals surface area contributed by atoms with Gasteiger partial charge in [0, 0.05) is 16.7 Å². The van der Waals surface area contributed by atoms with Crippen LogP contribution in [0.25, 0.3) is 9.88 Å². The molecule has 6 heteroatoms. The molecular weight excluding hydrogens is 350 g/mol. The minimum Gasteiger partial charge on any atom is -0.298 e. The van der Waals surface area contributed by atoms with Gasteiger partial charge in [-0.15, -0.1) is 22.7 Å². The van der Waals surface area contributed by atoms with Crippen LogP contribution >= 0.6 is 34.3 Å². The summed E-state index contributed by atoms with van der Waals surface area (Å²) >= 11 is 9.08. The summed E-state index contributed by atoms with van der Waals surface area (Å²) in [6, 6.07) is 3.80. The number of aryl methyl sites for hydroxylation is 1. The summed E-state index contributed by atoms with van der Waals surface area (Å²) in [6.07, 6.45) is 3.28. The van der Waals surface area contributed by atoms with Crippen LogP contribution in [0.3, 0.4) is 0 Å². The molecule has 0 N–H and O–H groups in total. The van der Waals surface area contributed by atoms with E-state index >= 15 is 0 Å². The molecule has 0 aliphatic heterocycles. The van der Waals surface area contributed by atoms with Gasteiger partial charge in [-0.3, -0.25) is 9.59 Å². The molecule has 0 saturated heterocycles. The summed E-state index contributed by atoms with van der Waals surface area (Å²) in [4.78, 5) is 32.2. The lowest BCUT2D eigenvalue weighted by Gasteiger charge is -2.24. The van der Waals surface area contributed by atoms with Gasteiger partial charge in [0.25, 0.3) is 0 Å². The molecule has 2 fully saturated rings. The maximum absolute atomic E-state index is 12.7. The molecular formula is C17H16ClNO2S2. The number of thiazole rings is 1. The minimum atomic E-state index is -0.628. The SMILES string of the molecule is CCc1sc(-c2ccc(Cl)s2)nc1C1C(=O)[C@@H]2CC[C@@H](C2)C1=O. The van der Waals surface area contributed by atoms with E-state index in [0.29, 0.717) is 5.69 Å². The van der Waals surface area contributed by atoms with E-state index in [1.165, 1.54) is 11.3 Å². The summed E-state index contributed by atoms with van der Waals surface area (Å²) in [5.41, 5.74) is 0.712. The normalized spacial score (nSPS) is 27.0. The van der Waals surface area contributed by atoms with Gasteiger partial charge in [0.05, 0.1) is 14.9 Å². The molecule has 3 nitrogen and oxygen atoms in total. The molecule has 2 aliphatic rings. The second-order valence-corrected chi connectivity index (χ2v) is 9.03. The molecule has 0 spiro atoms. The first-order chi connectivity index (χ1) is 11.1. The highest BCUT2D eigenvalue weighted by Gasteiger charge is 2.48. The lowest BCUT2D eigenvalue weighted by Crippen LogP contribution is -2.35. The van der Waals surface area contributed by atoms with Crippen LogP contribution in [0.15, 0.2) is 12.1 Å². The van der Waals surface area contributed by atoms with Gasteiger partial charge in [0.1, 0.15) is 10.9 Å². The van der Waals surface area contributed by atoms with Crippen molar-refractivity contribution in [3.05, 3.63) is 27.0 Å². The molecule has 3 atom stereocenters. The zero-order valence-corrected chi connectivity index (χ0v) is 15.1. The highest BCUT2D eigenvalue weighted by atomic mass is 35.5. The van der Waals surface area contributed by atoms with Crippen molar-refractivity contribution in [2.75, 3.05) is 0 Å². The predicted molar refractivity (Wildman–Crippen MR) is 93.4 cm³/mol. The number of halogens is 1. The third-order valence-corrected chi connectivity index (χ3v) is 7.53. The second-order valence-electron chi connectivity index (χ2n) is 6.23. The molecule has 2 bridgehead atoms. The van der Waals surface area contributed by atoms with Crippen molar-refractivity contribution in [3.8, 4) is 9.88 Å². The maximum atomic E-state index is 12.7. The topological polar surface area (TPSA) is 47.0 Å². The lowest BCUT2D eigenvalue weighted by atomic mass is 9.77. The number of fused-ring (bicyclic) bond motifs is 2. The van der Waals surface area contributed by atoms with E-state index in [1.54, 1.807) is 11.3 Å². The molecule has 0 radical (unpaired) electrons. The highest BCUT2D eigenvalue weighted by Crippen LogP contribution is 2.46. The first-order valence-corrected chi connectivity index (χ1v) is 9.92. The average Bonchev–Trinajstić information content (AvgIpc) is 3.23. The summed E-state index contributed by atoms with van der Waals surface area (Å²) in [5.74, 6) is -0.307. The Morgan fingerprint density at radius 2 is 1.87 bits per heavy atom. The van der Waals surface area contributed by atoms with Gasteiger partial charge in [0.15, 0.2) is 11.6 Å². The van der Waals surface area contributed by atoms with Gasteiger partial charge in [-0.05, 0) is 37.8 Å². The fourth-order valence-corrected chi connectivity index (χ4v) is 5.89. The smallest absolute Gasteiger partial charge is 0.152 e. The van der Waals surface area contributed by atoms with Crippen LogP contribution in [-0.2, 0) is 16.0 Å². The average molecular weight is 366 g/mol. The minimum absolute atomic E-state index is 0.0636. The lowest BCUT2D eigenvalue weighted by molar-refractivity contribution is -0.136. The van der Waals surface area contributed by atoms with Gasteiger partial charge in [-0.2, -0.15) is 0 Å². The summed E-state index contributed by atoms with van der Waals surface area (Å²) in [7, 11) is 0. The molecule has 4 rings (SSSR count). The first kappa shape index (κ1) is 15.5. The number of hydrogen-bond donors (Lipinski definition) is 0. The van der Waals surface area contributed by atoms with Crippen molar-refractivity contribution in [2.45, 2.75) is 38.5 Å². The number of rotatable bonds is 3. The molecule has 2 heterocycles. The molecule has 2 aromatic rings. The fourth-order valence-electron chi connectivity index (χ4n) is 3.76. The van der Waals surface area contributed by atoms with E-state index < -0.39 is 5.92 Å². The highest BCUT2D eigenvalue weighted by molar-refractivity contribution is 7.23. The van der Waals surface area contributed by atoms with Crippen molar-refractivity contribution in [3.63, 3.8) is 0 Å². The Bertz CT molecular complexity index is 772. The Hall–Kier alpha value is -1.04. The van der Waals surface area contributed by atoms with Crippen molar-refractivity contribution in [1.82, 2.24) is 4.98 Å². The Balaban J connectivity index is 1.77. The number of nitrogens with zero attached hydrogens (tertiary/aromatic N) is 1. The van der Waals surface area contributed by atoms with Crippen LogP contribution in [0.1, 0.15) is 42.7 Å². The van der Waals surface area contributed by atoms with Crippen LogP contribution < -0.4 is 0 Å². The zero-order valence-electron chi connectivity index (χ0n) is 12.7. The zero-order chi connectivity index (χ0) is 16.1. The van der Waals surface area contributed by atoms with E-state index in [-0.39, 0.29) is 23.4 Å². The summed E-state index contributed by atoms with van der Waals surface area (Å²) < 4.78 is 0.720. The Kier molecular flexibility index (Phi) is 3.90. The van der Waals surface area contributed by atoms with Crippen LogP contribution in [0.4, 0.5) is 0 Å². The number of carbonyl (C=O) groups excluding carboxylic acids is 2. The molecule has 120 valence electrons. The standard InChI is InChI=1S/C17H16ClNO2S2/c1-2-10-14(19-17(23-10)11-5-6-12(18)22-11)13-15(20)8-3-4-9(7-8)16(13)21/h5-6,8-9,13H,2-4,7H2,1H3/t8-,9+,13?. The molecule has 2 aliphatic carbocycles. The second kappa shape index (κ2) is 5.80. The number of thiophene rings is 1. The number of aromatic nitrogens is 1. The number of carbonyl (C=O) groups is 2. The summed E-state index contributed by atoms with van der Waals surface area (Å²) in [6.45, 7) is 2.05. The number of Topliss-reactive ketones (excluding diaryl/α,β-unsaturated/α-hetero) is 2. The quantitative estimate of drug-likeness (QED) is 0.738. The van der Waals surface area contributed by atoms with Gasteiger partial charge >= 0.3 is 0 Å². The molecule has 23 heavy (non-hydrogen) atoms. The predicted octanol–water partition coefficient (Wildman–Crippen LogP) is 4.74. The van der Waals surface area contributed by atoms with Crippen molar-refractivity contribution in [2.24, 2.45) is 11.8 Å². The van der Waals surface area contributed by atoms with Crippen molar-refractivity contribution < 1.29 is 9.59 Å². The Morgan fingerprint density at radius 3 is 2.43 bits per heavy atom. The molecule has 2 saturated carbocycles. The summed E-state index contributed by atoms with van der Waals surface area (Å²) in [5, 5.41) is 0.868. The van der Waals surface area contributed by atoms with Crippen molar-refractivity contribution in [1.29, 1.82) is 0 Å². The Labute approximate surface area is 147 Å². The van der Waals surface area contributed by atoms with Gasteiger partial charge < -0.3 is 0 Å². The van der Waals surface area contributed by atoms with Crippen LogP contribution in [0, 0.1) is 11.8 Å². The van der Waals surface area contributed by atoms with Crippen LogP contribution in [0.2, 0.25) is 4.34 Å². The van der Waals surface area contributed by atoms with E-state index in [0.717, 1.165) is 44.8 Å². The van der Waals surface area contributed by atoms with Crippen molar-refractivity contribution >= 4 is 45.8 Å². The van der Waals surface area contributed by atoms with E-state index in [9.17, 15) is 9.59 Å². The first-order valence-electron chi connectivity index (χ1n) is 7.91. The molecule has 0 amide bonds. The fraction of sp³-hybridized carbons (Fsp3) is 0.471. The number of hydrogen-bond acceptors (Lipinski definition) is 5. The number of ketones is 2. The largest absolute Gasteiger partial charge is 0.298 e. The van der Waals surface area contributed by atoms with E-state index in [1.807, 2.05) is 12.1 Å². The molecule has 0 aromatic carbocycles. The van der Waals surface area contributed by atoms with Gasteiger partial charge in [0.2, 0.25) is 0 Å². The maximum Gasteiger partial charge on any atom is 0.152 e. The molecule has 2 aromatic heterocycles. The van der Waals surface area contributed by atoms with E-state index in [4.69, 9.17) is 16.6 Å².